The van der Waals surface area contributed by atoms with E-state index in [2.05, 4.69) is 10.6 Å². The van der Waals surface area contributed by atoms with Crippen LogP contribution in [0.4, 0.5) is 5.69 Å². The fourth-order valence-corrected chi connectivity index (χ4v) is 3.47. The molecule has 4 rings (SSSR count). The number of amides is 1. The molecule has 1 aromatic heterocycles. The van der Waals surface area contributed by atoms with Crippen molar-refractivity contribution in [2.75, 3.05) is 12.4 Å². The highest BCUT2D eigenvalue weighted by atomic mass is 35.5. The number of aliphatic hydroxyl groups is 1. The maximum Gasteiger partial charge on any atom is 0.438 e. The van der Waals surface area contributed by atoms with Crippen molar-refractivity contribution >= 4 is 29.0 Å². The van der Waals surface area contributed by atoms with Crippen LogP contribution in [0, 0.1) is 0 Å². The van der Waals surface area contributed by atoms with Gasteiger partial charge in [-0.15, -0.1) is 0 Å². The predicted octanol–water partition coefficient (Wildman–Crippen LogP) is 1.32. The van der Waals surface area contributed by atoms with Gasteiger partial charge in [-0.25, -0.2) is 4.79 Å². The molecule has 1 atom stereocenters. The van der Waals surface area contributed by atoms with E-state index in [1.54, 1.807) is 24.3 Å². The summed E-state index contributed by atoms with van der Waals surface area (Å²) in [5.41, 5.74) is -2.53. The molecule has 29 heavy (non-hydrogen) atoms. The second-order valence-corrected chi connectivity index (χ2v) is 6.88. The highest BCUT2D eigenvalue weighted by Crippen LogP contribution is 2.38. The second-order valence-electron chi connectivity index (χ2n) is 6.44. The number of para-hydroxylation sites is 1. The number of ketones is 1. The molecule has 0 aliphatic carbocycles. The Morgan fingerprint density at radius 3 is 2.79 bits per heavy atom. The summed E-state index contributed by atoms with van der Waals surface area (Å²) in [6, 6.07) is 11.0. The minimum atomic E-state index is -2.11. The molecule has 0 saturated carbocycles. The molecule has 1 unspecified atom stereocenters. The van der Waals surface area contributed by atoms with E-state index in [9.17, 15) is 19.5 Å². The van der Waals surface area contributed by atoms with E-state index in [0.717, 1.165) is 4.68 Å². The fourth-order valence-electron chi connectivity index (χ4n) is 3.31. The fraction of sp³-hybridized carbons (Fsp3) is 0.158. The van der Waals surface area contributed by atoms with E-state index >= 15 is 0 Å². The maximum atomic E-state index is 13.0. The molecule has 0 spiro atoms. The number of aromatic nitrogens is 2. The summed E-state index contributed by atoms with van der Waals surface area (Å²) >= 11 is 5.96. The Kier molecular flexibility index (Phi) is 4.48. The first-order chi connectivity index (χ1) is 13.8. The molecule has 1 aliphatic rings. The molecular weight excluding hydrogens is 402 g/mol. The number of benzene rings is 2. The highest BCUT2D eigenvalue weighted by molar-refractivity contribution is 6.30. The van der Waals surface area contributed by atoms with Crippen molar-refractivity contribution in [3.05, 3.63) is 69.2 Å². The van der Waals surface area contributed by atoms with E-state index in [-0.39, 0.29) is 17.0 Å². The van der Waals surface area contributed by atoms with Crippen LogP contribution in [0.5, 0.6) is 5.75 Å². The molecule has 0 fully saturated rings. The average molecular weight is 417 g/mol. The molecule has 3 N–H and O–H groups in total. The van der Waals surface area contributed by atoms with E-state index in [4.69, 9.17) is 20.9 Å². The monoisotopic (exact) mass is 416 g/mol. The molecule has 10 heteroatoms. The smallest absolute Gasteiger partial charge is 0.438 e. The molecule has 9 nitrogen and oxygen atoms in total. The number of Topliss-reactive ketones (excluding diaryl/α,β-unsaturated/α-hetero) is 1. The number of H-pyrrole nitrogens is 1. The SMILES string of the molecule is COc1cc(Cl)ccc1-[n+]1[nH]oc(=O)c1C(=O)CC1(O)C(=O)Nc2ccccc21. The Bertz CT molecular complexity index is 1200. The summed E-state index contributed by atoms with van der Waals surface area (Å²) in [4.78, 5) is 37.6. The highest BCUT2D eigenvalue weighted by Gasteiger charge is 2.49. The third-order valence-corrected chi connectivity index (χ3v) is 4.94. The van der Waals surface area contributed by atoms with Gasteiger partial charge in [0, 0.05) is 28.4 Å². The Morgan fingerprint density at radius 2 is 2.03 bits per heavy atom. The number of methoxy groups -OCH3 is 1. The summed E-state index contributed by atoms with van der Waals surface area (Å²) < 4.78 is 11.1. The minimum absolute atomic E-state index is 0.258. The van der Waals surface area contributed by atoms with Gasteiger partial charge in [0.05, 0.1) is 13.5 Å². The van der Waals surface area contributed by atoms with Crippen LogP contribution in [0.3, 0.4) is 0 Å². The van der Waals surface area contributed by atoms with Gasteiger partial charge in [0.15, 0.2) is 11.4 Å². The number of halogens is 1. The number of nitrogens with zero attached hydrogens (tertiary/aromatic N) is 1. The van der Waals surface area contributed by atoms with E-state index in [1.165, 1.54) is 25.3 Å². The summed E-state index contributed by atoms with van der Waals surface area (Å²) in [7, 11) is 1.40. The molecule has 148 valence electrons. The number of fused-ring (bicyclic) bond motifs is 1. The molecule has 2 heterocycles. The van der Waals surface area contributed by atoms with E-state index in [1.807, 2.05) is 0 Å². The number of nitrogens with one attached hydrogen (secondary N) is 2. The number of rotatable bonds is 5. The van der Waals surface area contributed by atoms with Crippen molar-refractivity contribution in [1.82, 2.24) is 5.27 Å². The van der Waals surface area contributed by atoms with Crippen LogP contribution in [0.2, 0.25) is 5.02 Å². The first-order valence-corrected chi connectivity index (χ1v) is 8.87. The van der Waals surface area contributed by atoms with E-state index < -0.39 is 35.0 Å². The van der Waals surface area contributed by atoms with Gasteiger partial charge < -0.3 is 15.2 Å². The Hall–Kier alpha value is -3.43. The number of anilines is 1. The van der Waals surface area contributed by atoms with Crippen molar-refractivity contribution in [2.45, 2.75) is 12.0 Å². The van der Waals surface area contributed by atoms with Crippen molar-refractivity contribution < 1.29 is 28.6 Å². The molecule has 0 bridgehead atoms. The number of carbonyl (C=O) groups is 2. The lowest BCUT2D eigenvalue weighted by Gasteiger charge is -2.18. The van der Waals surface area contributed by atoms with E-state index in [0.29, 0.717) is 10.7 Å². The van der Waals surface area contributed by atoms with Gasteiger partial charge in [0.25, 0.3) is 11.6 Å². The third-order valence-electron chi connectivity index (χ3n) is 4.71. The zero-order valence-corrected chi connectivity index (χ0v) is 15.8. The topological polar surface area (TPSA) is 126 Å². The van der Waals surface area contributed by atoms with Gasteiger partial charge in [-0.3, -0.25) is 14.1 Å². The lowest BCUT2D eigenvalue weighted by molar-refractivity contribution is -0.672. The zero-order chi connectivity index (χ0) is 20.8. The Morgan fingerprint density at radius 1 is 1.28 bits per heavy atom. The molecule has 1 amide bonds. The number of hydrogen-bond donors (Lipinski definition) is 3. The molecule has 3 aromatic rings. The van der Waals surface area contributed by atoms with Crippen molar-refractivity contribution in [3.8, 4) is 11.4 Å². The number of ether oxygens (including phenoxy) is 1. The molecule has 0 saturated heterocycles. The van der Waals surface area contributed by atoms with Crippen molar-refractivity contribution in [3.63, 3.8) is 0 Å². The number of carbonyl (C=O) groups excluding carboxylic acids is 2. The normalized spacial score (nSPS) is 17.7. The van der Waals surface area contributed by atoms with Crippen LogP contribution in [0.15, 0.2) is 51.8 Å². The maximum absolute atomic E-state index is 13.0. The third kappa shape index (κ3) is 3.00. The first-order valence-electron chi connectivity index (χ1n) is 8.49. The van der Waals surface area contributed by atoms with Crippen molar-refractivity contribution in [1.29, 1.82) is 0 Å². The number of aromatic amines is 1. The number of hydrogen-bond acceptors (Lipinski definition) is 6. The van der Waals surface area contributed by atoms with Gasteiger partial charge in [0.2, 0.25) is 5.78 Å². The lowest BCUT2D eigenvalue weighted by atomic mass is 9.89. The summed E-state index contributed by atoms with van der Waals surface area (Å²) in [5.74, 6) is -1.27. The van der Waals surface area contributed by atoms with Crippen LogP contribution in [0.25, 0.3) is 5.69 Å². The van der Waals surface area contributed by atoms with Gasteiger partial charge >= 0.3 is 11.3 Å². The summed E-state index contributed by atoms with van der Waals surface area (Å²) in [5, 5.41) is 16.2. The quantitative estimate of drug-likeness (QED) is 0.425. The van der Waals surface area contributed by atoms with Crippen LogP contribution < -0.4 is 20.4 Å². The molecular formula is C19H15ClN3O6+. The largest absolute Gasteiger partial charge is 0.490 e. The van der Waals surface area contributed by atoms with Crippen LogP contribution in [-0.2, 0) is 10.4 Å². The average Bonchev–Trinajstić information content (AvgIpc) is 3.19. The van der Waals surface area contributed by atoms with Gasteiger partial charge in [0.1, 0.15) is 0 Å². The lowest BCUT2D eigenvalue weighted by Crippen LogP contribution is -2.44. The minimum Gasteiger partial charge on any atom is -0.490 e. The Labute approximate surface area is 168 Å². The second kappa shape index (κ2) is 6.87. The first kappa shape index (κ1) is 18.9. The molecule has 1 aliphatic heterocycles. The van der Waals surface area contributed by atoms with Gasteiger partial charge in [-0.2, -0.15) is 0 Å². The Balaban J connectivity index is 1.76. The van der Waals surface area contributed by atoms with Gasteiger partial charge in [-0.05, 0) is 22.1 Å². The van der Waals surface area contributed by atoms with Crippen LogP contribution in [-0.4, -0.2) is 29.2 Å². The van der Waals surface area contributed by atoms with Crippen LogP contribution in [0.1, 0.15) is 22.5 Å². The summed E-state index contributed by atoms with van der Waals surface area (Å²) in [6.07, 6.45) is -0.658. The standard InChI is InChI=1S/C19H14ClN3O6/c1-28-15-8-10(20)6-7-13(15)23-16(17(25)29-22-23)14(24)9-19(27)11-4-2-3-5-12(11)21-18(19)26/h2-8,27H,9H2,1H3,(H-,21,22,24,25,26)/p+1. The zero-order valence-electron chi connectivity index (χ0n) is 15.1. The van der Waals surface area contributed by atoms with Crippen LogP contribution >= 0.6 is 11.6 Å². The van der Waals surface area contributed by atoms with Gasteiger partial charge in [-0.1, -0.05) is 29.8 Å². The molecule has 2 aromatic carbocycles. The summed E-state index contributed by atoms with van der Waals surface area (Å²) in [6.45, 7) is 0. The molecule has 0 radical (unpaired) electrons. The predicted molar refractivity (Wildman–Crippen MR) is 100 cm³/mol. The van der Waals surface area contributed by atoms with Crippen molar-refractivity contribution in [2.24, 2.45) is 0 Å².